The Morgan fingerprint density at radius 3 is 2.65 bits per heavy atom. The molecule has 1 aromatic carbocycles. The van der Waals surface area contributed by atoms with Crippen LogP contribution in [0.15, 0.2) is 29.7 Å². The molecule has 1 heterocycles. The van der Waals surface area contributed by atoms with Gasteiger partial charge in [0.15, 0.2) is 5.16 Å². The number of nitrogens with zero attached hydrogens (tertiary/aromatic N) is 3. The van der Waals surface area contributed by atoms with Gasteiger partial charge in [0, 0.05) is 12.7 Å². The first-order valence-corrected chi connectivity index (χ1v) is 7.94. The molecular formula is C15H19N5O2S. The maximum absolute atomic E-state index is 12.1. The first-order valence-electron chi connectivity index (χ1n) is 7.06. The summed E-state index contributed by atoms with van der Waals surface area (Å²) < 4.78 is 1.71. The number of imide groups is 1. The third-order valence-corrected chi connectivity index (χ3v) is 4.34. The van der Waals surface area contributed by atoms with Gasteiger partial charge in [0.05, 0.1) is 5.25 Å². The monoisotopic (exact) mass is 333 g/mol. The number of anilines is 1. The molecule has 0 aliphatic heterocycles. The largest absolute Gasteiger partial charge is 0.325 e. The van der Waals surface area contributed by atoms with Crippen LogP contribution in [0.5, 0.6) is 0 Å². The molecule has 0 bridgehead atoms. The zero-order valence-corrected chi connectivity index (χ0v) is 14.3. The summed E-state index contributed by atoms with van der Waals surface area (Å²) >= 11 is 1.24. The Bertz CT molecular complexity index is 728. The molecule has 0 fully saturated rings. The molecule has 7 nitrogen and oxygen atoms in total. The minimum absolute atomic E-state index is 0.389. The quantitative estimate of drug-likeness (QED) is 0.838. The standard InChI is InChI=1S/C15H19N5O2S/c1-9-5-6-12(10(2)7-9)17-14(22)18-13(21)11(3)23-15-19-16-8-20(15)4/h5-8,11H,1-4H3,(H2,17,18,21,22). The van der Waals surface area contributed by atoms with Crippen molar-refractivity contribution in [1.29, 1.82) is 0 Å². The summed E-state index contributed by atoms with van der Waals surface area (Å²) in [5.74, 6) is -0.389. The highest BCUT2D eigenvalue weighted by Gasteiger charge is 2.19. The van der Waals surface area contributed by atoms with E-state index in [1.165, 1.54) is 11.8 Å². The van der Waals surface area contributed by atoms with E-state index in [1.54, 1.807) is 24.9 Å². The van der Waals surface area contributed by atoms with Gasteiger partial charge in [0.1, 0.15) is 6.33 Å². The Morgan fingerprint density at radius 1 is 1.30 bits per heavy atom. The molecule has 1 unspecified atom stereocenters. The van der Waals surface area contributed by atoms with Crippen molar-refractivity contribution in [3.05, 3.63) is 35.7 Å². The molecule has 2 N–H and O–H groups in total. The number of hydrogen-bond acceptors (Lipinski definition) is 5. The molecular weight excluding hydrogens is 314 g/mol. The highest BCUT2D eigenvalue weighted by molar-refractivity contribution is 8.00. The van der Waals surface area contributed by atoms with Crippen LogP contribution in [0.4, 0.5) is 10.5 Å². The van der Waals surface area contributed by atoms with E-state index in [4.69, 9.17) is 0 Å². The highest BCUT2D eigenvalue weighted by Crippen LogP contribution is 2.20. The van der Waals surface area contributed by atoms with Gasteiger partial charge in [0.2, 0.25) is 5.91 Å². The predicted octanol–water partition coefficient (Wildman–Crippen LogP) is 2.26. The van der Waals surface area contributed by atoms with E-state index in [2.05, 4.69) is 20.8 Å². The molecule has 0 aliphatic carbocycles. The third kappa shape index (κ3) is 4.56. The molecule has 2 aromatic rings. The van der Waals surface area contributed by atoms with Crippen LogP contribution < -0.4 is 10.6 Å². The van der Waals surface area contributed by atoms with Crippen molar-refractivity contribution in [2.24, 2.45) is 7.05 Å². The minimum atomic E-state index is -0.549. The Kier molecular flexibility index (Phi) is 5.38. The fraction of sp³-hybridized carbons (Fsp3) is 0.333. The first-order chi connectivity index (χ1) is 10.9. The lowest BCUT2D eigenvalue weighted by molar-refractivity contribution is -0.119. The second kappa shape index (κ2) is 7.28. The molecule has 0 radical (unpaired) electrons. The van der Waals surface area contributed by atoms with E-state index in [0.717, 1.165) is 11.1 Å². The number of thioether (sulfide) groups is 1. The van der Waals surface area contributed by atoms with Crippen molar-refractivity contribution in [3.63, 3.8) is 0 Å². The smallest absolute Gasteiger partial charge is 0.312 e. The van der Waals surface area contributed by atoms with Gasteiger partial charge in [-0.15, -0.1) is 10.2 Å². The summed E-state index contributed by atoms with van der Waals surface area (Å²) in [4.78, 5) is 24.0. The van der Waals surface area contributed by atoms with E-state index in [0.29, 0.717) is 10.8 Å². The van der Waals surface area contributed by atoms with Crippen molar-refractivity contribution >= 4 is 29.4 Å². The summed E-state index contributed by atoms with van der Waals surface area (Å²) in [5.41, 5.74) is 2.72. The molecule has 1 aromatic heterocycles. The lowest BCUT2D eigenvalue weighted by Gasteiger charge is -2.12. The number of aromatic nitrogens is 3. The van der Waals surface area contributed by atoms with Gasteiger partial charge in [-0.3, -0.25) is 10.1 Å². The molecule has 0 saturated carbocycles. The molecule has 0 saturated heterocycles. The predicted molar refractivity (Wildman–Crippen MR) is 89.4 cm³/mol. The van der Waals surface area contributed by atoms with Crippen LogP contribution in [-0.4, -0.2) is 32.0 Å². The van der Waals surface area contributed by atoms with Crippen LogP contribution in [0.3, 0.4) is 0 Å². The number of carbonyl (C=O) groups is 2. The van der Waals surface area contributed by atoms with Gasteiger partial charge in [0.25, 0.3) is 0 Å². The number of nitrogens with one attached hydrogen (secondary N) is 2. The third-order valence-electron chi connectivity index (χ3n) is 3.19. The summed E-state index contributed by atoms with van der Waals surface area (Å²) in [6, 6.07) is 5.13. The fourth-order valence-corrected chi connectivity index (χ4v) is 2.70. The Labute approximate surface area is 138 Å². The van der Waals surface area contributed by atoms with Crippen molar-refractivity contribution in [2.75, 3.05) is 5.32 Å². The number of hydrogen-bond donors (Lipinski definition) is 2. The van der Waals surface area contributed by atoms with Gasteiger partial charge < -0.3 is 9.88 Å². The minimum Gasteiger partial charge on any atom is -0.312 e. The Balaban J connectivity index is 1.91. The normalized spacial score (nSPS) is 11.8. The second-order valence-corrected chi connectivity index (χ2v) is 6.55. The lowest BCUT2D eigenvalue weighted by Crippen LogP contribution is -2.39. The summed E-state index contributed by atoms with van der Waals surface area (Å²) in [6.45, 7) is 5.59. The zero-order chi connectivity index (χ0) is 17.0. The molecule has 122 valence electrons. The number of aryl methyl sites for hydroxylation is 3. The van der Waals surface area contributed by atoms with E-state index >= 15 is 0 Å². The van der Waals surface area contributed by atoms with Gasteiger partial charge in [-0.25, -0.2) is 4.79 Å². The number of carbonyl (C=O) groups excluding carboxylic acids is 2. The SMILES string of the molecule is Cc1ccc(NC(=O)NC(=O)C(C)Sc2nncn2C)c(C)c1. The molecule has 0 spiro atoms. The Morgan fingerprint density at radius 2 is 2.04 bits per heavy atom. The van der Waals surface area contributed by atoms with Crippen molar-refractivity contribution in [2.45, 2.75) is 31.2 Å². The maximum Gasteiger partial charge on any atom is 0.325 e. The van der Waals surface area contributed by atoms with Gasteiger partial charge in [-0.1, -0.05) is 29.5 Å². The number of urea groups is 1. The molecule has 2 rings (SSSR count). The topological polar surface area (TPSA) is 88.9 Å². The van der Waals surface area contributed by atoms with Crippen LogP contribution >= 0.6 is 11.8 Å². The first kappa shape index (κ1) is 17.0. The van der Waals surface area contributed by atoms with E-state index in [-0.39, 0.29) is 5.91 Å². The van der Waals surface area contributed by atoms with E-state index in [1.807, 2.05) is 32.0 Å². The average molecular weight is 333 g/mol. The van der Waals surface area contributed by atoms with Gasteiger partial charge in [-0.05, 0) is 32.4 Å². The summed E-state index contributed by atoms with van der Waals surface area (Å²) in [5, 5.41) is 12.8. The maximum atomic E-state index is 12.1. The van der Waals surface area contributed by atoms with Crippen LogP contribution in [0, 0.1) is 13.8 Å². The zero-order valence-electron chi connectivity index (χ0n) is 13.5. The Hall–Kier alpha value is -2.35. The number of rotatable bonds is 4. The summed E-state index contributed by atoms with van der Waals surface area (Å²) in [7, 11) is 1.79. The van der Waals surface area contributed by atoms with Crippen molar-refractivity contribution in [1.82, 2.24) is 20.1 Å². The van der Waals surface area contributed by atoms with Crippen LogP contribution in [0.2, 0.25) is 0 Å². The second-order valence-electron chi connectivity index (χ2n) is 5.25. The van der Waals surface area contributed by atoms with Crippen molar-refractivity contribution in [3.8, 4) is 0 Å². The average Bonchev–Trinajstić information content (AvgIpc) is 2.87. The molecule has 8 heteroatoms. The van der Waals surface area contributed by atoms with Crippen LogP contribution in [0.1, 0.15) is 18.1 Å². The molecule has 0 aliphatic rings. The molecule has 1 atom stereocenters. The summed E-state index contributed by atoms with van der Waals surface area (Å²) in [6.07, 6.45) is 1.56. The van der Waals surface area contributed by atoms with Crippen molar-refractivity contribution < 1.29 is 9.59 Å². The van der Waals surface area contributed by atoms with E-state index in [9.17, 15) is 9.59 Å². The van der Waals surface area contributed by atoms with Crippen LogP contribution in [-0.2, 0) is 11.8 Å². The van der Waals surface area contributed by atoms with Crippen LogP contribution in [0.25, 0.3) is 0 Å². The molecule has 3 amide bonds. The number of amides is 3. The lowest BCUT2D eigenvalue weighted by atomic mass is 10.1. The van der Waals surface area contributed by atoms with E-state index < -0.39 is 11.3 Å². The highest BCUT2D eigenvalue weighted by atomic mass is 32.2. The van der Waals surface area contributed by atoms with Gasteiger partial charge >= 0.3 is 6.03 Å². The molecule has 23 heavy (non-hydrogen) atoms. The fourth-order valence-electron chi connectivity index (χ4n) is 1.91. The van der Waals surface area contributed by atoms with Gasteiger partial charge in [-0.2, -0.15) is 0 Å². The number of benzene rings is 1.